The minimum Gasteiger partial charge on any atom is -0.398 e. The van der Waals surface area contributed by atoms with Gasteiger partial charge in [-0.25, -0.2) is 0 Å². The number of amides is 2. The normalized spacial score (nSPS) is 10.0. The SMILES string of the molecule is CNC(=O)c1ccc(NC(=O)c2ccc(C)c(N)c2)cc1. The van der Waals surface area contributed by atoms with Gasteiger partial charge in [0.2, 0.25) is 0 Å². The van der Waals surface area contributed by atoms with Crippen LogP contribution < -0.4 is 16.4 Å². The topological polar surface area (TPSA) is 84.2 Å². The van der Waals surface area contributed by atoms with Gasteiger partial charge in [0.15, 0.2) is 0 Å². The molecule has 0 heterocycles. The van der Waals surface area contributed by atoms with E-state index in [1.165, 1.54) is 0 Å². The second-order valence-electron chi connectivity index (χ2n) is 4.68. The van der Waals surface area contributed by atoms with Crippen LogP contribution in [0.25, 0.3) is 0 Å². The molecule has 0 radical (unpaired) electrons. The number of rotatable bonds is 3. The van der Waals surface area contributed by atoms with E-state index in [1.54, 1.807) is 49.5 Å². The summed E-state index contributed by atoms with van der Waals surface area (Å²) in [5, 5.41) is 5.30. The van der Waals surface area contributed by atoms with Gasteiger partial charge in [-0.05, 0) is 48.9 Å². The number of carbonyl (C=O) groups is 2. The average Bonchev–Trinajstić information content (AvgIpc) is 2.50. The van der Waals surface area contributed by atoms with Crippen LogP contribution in [0.2, 0.25) is 0 Å². The Kier molecular flexibility index (Phi) is 4.23. The van der Waals surface area contributed by atoms with E-state index in [0.717, 1.165) is 5.56 Å². The number of nitrogen functional groups attached to an aromatic ring is 1. The molecule has 2 rings (SSSR count). The van der Waals surface area contributed by atoms with Crippen molar-refractivity contribution in [1.29, 1.82) is 0 Å². The third-order valence-electron chi connectivity index (χ3n) is 3.17. The lowest BCUT2D eigenvalue weighted by Gasteiger charge is -2.08. The van der Waals surface area contributed by atoms with Gasteiger partial charge in [-0.15, -0.1) is 0 Å². The van der Waals surface area contributed by atoms with Gasteiger partial charge < -0.3 is 16.4 Å². The van der Waals surface area contributed by atoms with Crippen molar-refractivity contribution in [2.24, 2.45) is 0 Å². The highest BCUT2D eigenvalue weighted by molar-refractivity contribution is 6.05. The summed E-state index contributed by atoms with van der Waals surface area (Å²) in [6.45, 7) is 1.88. The average molecular weight is 283 g/mol. The minimum absolute atomic E-state index is 0.167. The highest BCUT2D eigenvalue weighted by atomic mass is 16.2. The standard InChI is InChI=1S/C16H17N3O2/c1-10-3-4-12(9-14(10)17)16(21)19-13-7-5-11(6-8-13)15(20)18-2/h3-9H,17H2,1-2H3,(H,18,20)(H,19,21). The predicted molar refractivity (Wildman–Crippen MR) is 83.4 cm³/mol. The Morgan fingerprint density at radius 1 is 0.952 bits per heavy atom. The van der Waals surface area contributed by atoms with Crippen molar-refractivity contribution < 1.29 is 9.59 Å². The summed E-state index contributed by atoms with van der Waals surface area (Å²) in [6.07, 6.45) is 0. The zero-order valence-corrected chi connectivity index (χ0v) is 11.9. The largest absolute Gasteiger partial charge is 0.398 e. The maximum Gasteiger partial charge on any atom is 0.255 e. The van der Waals surface area contributed by atoms with Crippen molar-refractivity contribution in [3.63, 3.8) is 0 Å². The van der Waals surface area contributed by atoms with Gasteiger partial charge in [-0.1, -0.05) is 6.07 Å². The molecule has 2 aromatic rings. The molecule has 0 unspecified atom stereocenters. The molecule has 2 amide bonds. The fourth-order valence-electron chi connectivity index (χ4n) is 1.83. The number of nitrogens with two attached hydrogens (primary N) is 1. The lowest BCUT2D eigenvalue weighted by molar-refractivity contribution is 0.0962. The summed E-state index contributed by atoms with van der Waals surface area (Å²) < 4.78 is 0. The summed E-state index contributed by atoms with van der Waals surface area (Å²) in [4.78, 5) is 23.5. The molecule has 0 fully saturated rings. The Balaban J connectivity index is 2.12. The number of benzene rings is 2. The molecule has 21 heavy (non-hydrogen) atoms. The van der Waals surface area contributed by atoms with Crippen molar-refractivity contribution >= 4 is 23.2 Å². The van der Waals surface area contributed by atoms with Crippen molar-refractivity contribution in [3.8, 4) is 0 Å². The number of hydrogen-bond acceptors (Lipinski definition) is 3. The van der Waals surface area contributed by atoms with E-state index in [-0.39, 0.29) is 11.8 Å². The first-order valence-corrected chi connectivity index (χ1v) is 6.51. The molecule has 2 aromatic carbocycles. The molecule has 108 valence electrons. The summed E-state index contributed by atoms with van der Waals surface area (Å²) in [6, 6.07) is 11.8. The van der Waals surface area contributed by atoms with Crippen LogP contribution in [0.1, 0.15) is 26.3 Å². The van der Waals surface area contributed by atoms with E-state index >= 15 is 0 Å². The lowest BCUT2D eigenvalue weighted by Crippen LogP contribution is -2.18. The highest BCUT2D eigenvalue weighted by Gasteiger charge is 2.08. The maximum atomic E-state index is 12.1. The van der Waals surface area contributed by atoms with Gasteiger partial charge in [0, 0.05) is 29.5 Å². The van der Waals surface area contributed by atoms with Crippen LogP contribution in [0.3, 0.4) is 0 Å². The molecule has 0 saturated carbocycles. The molecule has 0 spiro atoms. The van der Waals surface area contributed by atoms with E-state index < -0.39 is 0 Å². The molecule has 0 atom stereocenters. The van der Waals surface area contributed by atoms with Crippen LogP contribution in [0.15, 0.2) is 42.5 Å². The molecule has 0 saturated heterocycles. The molecule has 0 bridgehead atoms. The Hall–Kier alpha value is -2.82. The monoisotopic (exact) mass is 283 g/mol. The Morgan fingerprint density at radius 2 is 1.57 bits per heavy atom. The van der Waals surface area contributed by atoms with Gasteiger partial charge in [0.25, 0.3) is 11.8 Å². The number of hydrogen-bond donors (Lipinski definition) is 3. The smallest absolute Gasteiger partial charge is 0.255 e. The Labute approximate surface area is 123 Å². The van der Waals surface area contributed by atoms with E-state index in [0.29, 0.717) is 22.5 Å². The molecule has 4 N–H and O–H groups in total. The Bertz CT molecular complexity index is 678. The lowest BCUT2D eigenvalue weighted by atomic mass is 10.1. The third-order valence-corrected chi connectivity index (χ3v) is 3.17. The van der Waals surface area contributed by atoms with Gasteiger partial charge in [0.1, 0.15) is 0 Å². The van der Waals surface area contributed by atoms with E-state index in [1.807, 2.05) is 6.92 Å². The Morgan fingerprint density at radius 3 is 2.14 bits per heavy atom. The van der Waals surface area contributed by atoms with Crippen LogP contribution in [-0.2, 0) is 0 Å². The van der Waals surface area contributed by atoms with E-state index in [2.05, 4.69) is 10.6 Å². The van der Waals surface area contributed by atoms with Gasteiger partial charge in [0.05, 0.1) is 0 Å². The molecule has 0 aliphatic carbocycles. The second-order valence-corrected chi connectivity index (χ2v) is 4.68. The number of carbonyl (C=O) groups excluding carboxylic acids is 2. The maximum absolute atomic E-state index is 12.1. The molecular formula is C16H17N3O2. The van der Waals surface area contributed by atoms with Gasteiger partial charge in [-0.3, -0.25) is 9.59 Å². The zero-order valence-electron chi connectivity index (χ0n) is 11.9. The van der Waals surface area contributed by atoms with Crippen molar-refractivity contribution in [3.05, 3.63) is 59.2 Å². The van der Waals surface area contributed by atoms with Gasteiger partial charge >= 0.3 is 0 Å². The van der Waals surface area contributed by atoms with Gasteiger partial charge in [-0.2, -0.15) is 0 Å². The first-order chi connectivity index (χ1) is 10.0. The highest BCUT2D eigenvalue weighted by Crippen LogP contribution is 2.15. The van der Waals surface area contributed by atoms with Crippen molar-refractivity contribution in [2.75, 3.05) is 18.1 Å². The summed E-state index contributed by atoms with van der Waals surface area (Å²) in [5.41, 5.74) is 8.96. The number of anilines is 2. The van der Waals surface area contributed by atoms with Crippen LogP contribution in [0, 0.1) is 6.92 Å². The molecule has 5 heteroatoms. The summed E-state index contributed by atoms with van der Waals surface area (Å²) >= 11 is 0. The fourth-order valence-corrected chi connectivity index (χ4v) is 1.83. The van der Waals surface area contributed by atoms with E-state index in [9.17, 15) is 9.59 Å². The van der Waals surface area contributed by atoms with Crippen LogP contribution in [0.5, 0.6) is 0 Å². The summed E-state index contributed by atoms with van der Waals surface area (Å²) in [7, 11) is 1.57. The molecule has 5 nitrogen and oxygen atoms in total. The number of aryl methyl sites for hydroxylation is 1. The minimum atomic E-state index is -0.241. The quantitative estimate of drug-likeness (QED) is 0.755. The first kappa shape index (κ1) is 14.6. The van der Waals surface area contributed by atoms with Crippen molar-refractivity contribution in [2.45, 2.75) is 6.92 Å². The van der Waals surface area contributed by atoms with Crippen LogP contribution >= 0.6 is 0 Å². The molecular weight excluding hydrogens is 266 g/mol. The third kappa shape index (κ3) is 3.39. The van der Waals surface area contributed by atoms with E-state index in [4.69, 9.17) is 5.73 Å². The van der Waals surface area contributed by atoms with Crippen LogP contribution in [0.4, 0.5) is 11.4 Å². The number of nitrogens with one attached hydrogen (secondary N) is 2. The van der Waals surface area contributed by atoms with Crippen molar-refractivity contribution in [1.82, 2.24) is 5.32 Å². The zero-order chi connectivity index (χ0) is 15.4. The molecule has 0 aliphatic rings. The molecule has 0 aliphatic heterocycles. The fraction of sp³-hybridized carbons (Fsp3) is 0.125. The second kappa shape index (κ2) is 6.09. The van der Waals surface area contributed by atoms with Crippen LogP contribution in [-0.4, -0.2) is 18.9 Å². The summed E-state index contributed by atoms with van der Waals surface area (Å²) in [5.74, 6) is -0.409. The first-order valence-electron chi connectivity index (χ1n) is 6.51. The molecule has 0 aromatic heterocycles. The predicted octanol–water partition coefficient (Wildman–Crippen LogP) is 2.19.